The van der Waals surface area contributed by atoms with Crippen molar-refractivity contribution in [2.45, 2.75) is 0 Å². The van der Waals surface area contributed by atoms with E-state index in [1.54, 1.807) is 0 Å². The van der Waals surface area contributed by atoms with Crippen LogP contribution in [0.4, 0.5) is 0 Å². The van der Waals surface area contributed by atoms with Crippen molar-refractivity contribution >= 4 is 6.21 Å². The van der Waals surface area contributed by atoms with E-state index in [-0.39, 0.29) is 0 Å². The number of nitrogens with one attached hydrogen (secondary N) is 1. The lowest BCUT2D eigenvalue weighted by Gasteiger charge is -1.77. The molecule has 0 aromatic heterocycles. The smallest absolute Gasteiger partial charge is 0.0896 e. The van der Waals surface area contributed by atoms with E-state index in [0.29, 0.717) is 6.61 Å². The Morgan fingerprint density at radius 2 is 2.60 bits per heavy atom. The van der Waals surface area contributed by atoms with Crippen LogP contribution in [0.1, 0.15) is 0 Å². The topological polar surface area (TPSA) is 33.1 Å². The summed E-state index contributed by atoms with van der Waals surface area (Å²) in [7, 11) is 1.53. The summed E-state index contributed by atoms with van der Waals surface area (Å²) in [5.41, 5.74) is 0. The Labute approximate surface area is 31.3 Å². The fourth-order valence-corrected chi connectivity index (χ4v) is 0.0722. The standard InChI is InChI=1S/C3H6NO/c1-5-3-2-4/h4H,3H2,1H3. The Morgan fingerprint density at radius 1 is 2.00 bits per heavy atom. The first kappa shape index (κ1) is 4.63. The monoisotopic (exact) mass is 72.0 g/mol. The first-order chi connectivity index (χ1) is 2.41. The highest BCUT2D eigenvalue weighted by Gasteiger charge is 1.61. The van der Waals surface area contributed by atoms with Gasteiger partial charge in [0.25, 0.3) is 0 Å². The van der Waals surface area contributed by atoms with E-state index in [1.165, 1.54) is 7.11 Å². The molecule has 0 aliphatic rings. The Hall–Kier alpha value is -0.370. The van der Waals surface area contributed by atoms with E-state index in [0.717, 1.165) is 0 Å². The molecule has 5 heavy (non-hydrogen) atoms. The summed E-state index contributed by atoms with van der Waals surface area (Å²) in [6, 6.07) is 0. The van der Waals surface area contributed by atoms with E-state index in [9.17, 15) is 0 Å². The maximum absolute atomic E-state index is 6.23. The van der Waals surface area contributed by atoms with Crippen LogP contribution in [0.15, 0.2) is 0 Å². The Bertz CT molecular complexity index is 28.1. The molecule has 0 unspecified atom stereocenters. The number of methoxy groups -OCH3 is 1. The van der Waals surface area contributed by atoms with Crippen molar-refractivity contribution in [1.29, 1.82) is 5.41 Å². The maximum atomic E-state index is 6.23. The number of hydrogen-bond donors (Lipinski definition) is 1. The van der Waals surface area contributed by atoms with Gasteiger partial charge in [-0.2, -0.15) is 0 Å². The second-order valence-electron chi connectivity index (χ2n) is 0.610. The minimum absolute atomic E-state index is 0.306. The van der Waals surface area contributed by atoms with Crippen molar-refractivity contribution in [1.82, 2.24) is 0 Å². The van der Waals surface area contributed by atoms with E-state index >= 15 is 0 Å². The molecule has 0 aromatic carbocycles. The number of ether oxygens (including phenoxy) is 1. The van der Waals surface area contributed by atoms with Crippen LogP contribution >= 0.6 is 0 Å². The molecule has 0 bridgehead atoms. The van der Waals surface area contributed by atoms with E-state index in [1.807, 2.05) is 6.21 Å². The largest absolute Gasteiger partial charge is 0.378 e. The Kier molecular flexibility index (Phi) is 3.36. The molecule has 2 nitrogen and oxygen atoms in total. The minimum atomic E-state index is 0.306. The molecule has 0 aromatic rings. The highest BCUT2D eigenvalue weighted by molar-refractivity contribution is 5.53. The van der Waals surface area contributed by atoms with Crippen molar-refractivity contribution in [3.63, 3.8) is 0 Å². The van der Waals surface area contributed by atoms with Gasteiger partial charge < -0.3 is 10.1 Å². The van der Waals surface area contributed by atoms with Gasteiger partial charge in [0.15, 0.2) is 0 Å². The van der Waals surface area contributed by atoms with Gasteiger partial charge in [-0.3, -0.25) is 0 Å². The Balaban J connectivity index is 2.40. The van der Waals surface area contributed by atoms with Crippen molar-refractivity contribution in [3.8, 4) is 0 Å². The predicted octanol–water partition coefficient (Wildman–Crippen LogP) is 0.159. The number of hydrogen-bond acceptors (Lipinski definition) is 2. The first-order valence-electron chi connectivity index (χ1n) is 1.30. The quantitative estimate of drug-likeness (QED) is 0.463. The second kappa shape index (κ2) is 3.63. The molecule has 0 spiro atoms. The molecule has 0 amide bonds. The minimum Gasteiger partial charge on any atom is -0.378 e. The summed E-state index contributed by atoms with van der Waals surface area (Å²) in [5, 5.41) is 6.23. The third kappa shape index (κ3) is 3.63. The molecule has 0 saturated heterocycles. The van der Waals surface area contributed by atoms with Crippen LogP contribution in [0.2, 0.25) is 0 Å². The van der Waals surface area contributed by atoms with Crippen LogP contribution in [0.25, 0.3) is 0 Å². The van der Waals surface area contributed by atoms with Crippen LogP contribution in [-0.4, -0.2) is 19.9 Å². The molecule has 0 aliphatic heterocycles. The lowest BCUT2D eigenvalue weighted by Crippen LogP contribution is -1.84. The maximum Gasteiger partial charge on any atom is 0.0896 e. The van der Waals surface area contributed by atoms with Gasteiger partial charge in [0.2, 0.25) is 0 Å². The lowest BCUT2D eigenvalue weighted by molar-refractivity contribution is 0.248. The zero-order chi connectivity index (χ0) is 4.12. The molecule has 2 heteroatoms. The fraction of sp³-hybridized carbons (Fsp3) is 0.667. The van der Waals surface area contributed by atoms with Crippen molar-refractivity contribution in [3.05, 3.63) is 0 Å². The van der Waals surface area contributed by atoms with Crippen LogP contribution < -0.4 is 0 Å². The molecular weight excluding hydrogens is 66.0 g/mol. The predicted molar refractivity (Wildman–Crippen MR) is 19.6 cm³/mol. The highest BCUT2D eigenvalue weighted by atomic mass is 16.5. The summed E-state index contributed by atoms with van der Waals surface area (Å²) in [6.07, 6.45) is 2.05. The summed E-state index contributed by atoms with van der Waals surface area (Å²) in [6.45, 7) is 0.306. The zero-order valence-electron chi connectivity index (χ0n) is 3.12. The van der Waals surface area contributed by atoms with Crippen molar-refractivity contribution in [2.75, 3.05) is 13.7 Å². The number of rotatable bonds is 2. The first-order valence-corrected chi connectivity index (χ1v) is 1.30. The van der Waals surface area contributed by atoms with Gasteiger partial charge in [0, 0.05) is 7.11 Å². The molecule has 1 radical (unpaired) electrons. The third-order valence-electron chi connectivity index (χ3n) is 0.217. The van der Waals surface area contributed by atoms with E-state index in [2.05, 4.69) is 4.74 Å². The van der Waals surface area contributed by atoms with Gasteiger partial charge in [-0.1, -0.05) is 0 Å². The zero-order valence-corrected chi connectivity index (χ0v) is 3.12. The Morgan fingerprint density at radius 3 is 2.60 bits per heavy atom. The summed E-state index contributed by atoms with van der Waals surface area (Å²) < 4.78 is 4.39. The highest BCUT2D eigenvalue weighted by Crippen LogP contribution is 1.51. The van der Waals surface area contributed by atoms with Crippen LogP contribution in [0.3, 0.4) is 0 Å². The van der Waals surface area contributed by atoms with Gasteiger partial charge in [0.1, 0.15) is 0 Å². The molecule has 0 fully saturated rings. The van der Waals surface area contributed by atoms with E-state index in [4.69, 9.17) is 5.41 Å². The molecule has 29 valence electrons. The van der Waals surface area contributed by atoms with Crippen LogP contribution in [0, 0.1) is 5.41 Å². The third-order valence-corrected chi connectivity index (χ3v) is 0.217. The fourth-order valence-electron chi connectivity index (χ4n) is 0.0722. The van der Waals surface area contributed by atoms with Crippen LogP contribution in [-0.2, 0) is 4.74 Å². The van der Waals surface area contributed by atoms with Gasteiger partial charge in [-0.05, 0) is 0 Å². The summed E-state index contributed by atoms with van der Waals surface area (Å²) in [5.74, 6) is 0. The summed E-state index contributed by atoms with van der Waals surface area (Å²) >= 11 is 0. The van der Waals surface area contributed by atoms with Gasteiger partial charge >= 0.3 is 0 Å². The summed E-state index contributed by atoms with van der Waals surface area (Å²) in [4.78, 5) is 0. The molecule has 0 heterocycles. The van der Waals surface area contributed by atoms with Gasteiger partial charge in [-0.15, -0.1) is 0 Å². The van der Waals surface area contributed by atoms with Gasteiger partial charge in [-0.25, -0.2) is 0 Å². The SMILES string of the molecule is COC[C]=N. The average molecular weight is 72.1 g/mol. The van der Waals surface area contributed by atoms with Gasteiger partial charge in [0.05, 0.1) is 12.8 Å². The van der Waals surface area contributed by atoms with Crippen molar-refractivity contribution < 1.29 is 4.74 Å². The molecule has 0 rings (SSSR count). The van der Waals surface area contributed by atoms with Crippen molar-refractivity contribution in [2.24, 2.45) is 0 Å². The lowest BCUT2D eigenvalue weighted by atomic mass is 10.8. The molecular formula is C3H6NO. The average Bonchev–Trinajstić information content (AvgIpc) is 1.41. The normalized spacial score (nSPS) is 7.40. The second-order valence-corrected chi connectivity index (χ2v) is 0.610. The van der Waals surface area contributed by atoms with E-state index < -0.39 is 0 Å². The molecule has 0 atom stereocenters. The molecule has 1 N–H and O–H groups in total. The molecule has 0 saturated carbocycles. The molecule has 0 aliphatic carbocycles. The van der Waals surface area contributed by atoms with Crippen LogP contribution in [0.5, 0.6) is 0 Å².